The van der Waals surface area contributed by atoms with Gasteiger partial charge in [-0.05, 0) is 26.7 Å². The molecule has 0 radical (unpaired) electrons. The first kappa shape index (κ1) is 15.0. The van der Waals surface area contributed by atoms with E-state index in [0.717, 1.165) is 22.7 Å². The molecule has 0 aliphatic carbocycles. The third-order valence-corrected chi connectivity index (χ3v) is 4.80. The molecular formula is C14H17N3O4S. The Morgan fingerprint density at radius 1 is 1.50 bits per heavy atom. The van der Waals surface area contributed by atoms with Gasteiger partial charge in [0.2, 0.25) is 5.91 Å². The number of rotatable bonds is 3. The maximum absolute atomic E-state index is 12.5. The average molecular weight is 323 g/mol. The summed E-state index contributed by atoms with van der Waals surface area (Å²) in [6.07, 6.45) is 2.70. The molecule has 3 rings (SSSR count). The molecule has 22 heavy (non-hydrogen) atoms. The van der Waals surface area contributed by atoms with Crippen molar-refractivity contribution in [2.75, 3.05) is 13.1 Å². The van der Waals surface area contributed by atoms with E-state index in [0.29, 0.717) is 6.54 Å². The van der Waals surface area contributed by atoms with Crippen LogP contribution in [0, 0.1) is 0 Å². The Kier molecular flexibility index (Phi) is 3.64. The lowest BCUT2D eigenvalue weighted by molar-refractivity contribution is -0.140. The zero-order chi connectivity index (χ0) is 15.9. The van der Waals surface area contributed by atoms with Crippen LogP contribution in [-0.2, 0) is 14.3 Å². The molecular weight excluding hydrogens is 306 g/mol. The standard InChI is InChI=1S/C14H17N3O4S/c1-14(2)12(19)17(13(20)21-14)8-10(18)16-6-3-4-9(16)11-15-5-7-22-11/h5,7,9H,3-4,6,8H2,1-2H3. The van der Waals surface area contributed by atoms with Crippen LogP contribution in [0.25, 0.3) is 0 Å². The van der Waals surface area contributed by atoms with Gasteiger partial charge in [-0.15, -0.1) is 11.3 Å². The molecule has 1 aromatic rings. The first-order valence-electron chi connectivity index (χ1n) is 7.14. The van der Waals surface area contributed by atoms with Crippen molar-refractivity contribution in [1.82, 2.24) is 14.8 Å². The summed E-state index contributed by atoms with van der Waals surface area (Å²) in [6, 6.07) is -0.0609. The molecule has 0 aromatic carbocycles. The third-order valence-electron chi connectivity index (χ3n) is 3.93. The summed E-state index contributed by atoms with van der Waals surface area (Å²) >= 11 is 1.51. The summed E-state index contributed by atoms with van der Waals surface area (Å²) in [5, 5.41) is 2.77. The van der Waals surface area contributed by atoms with Crippen LogP contribution in [0.1, 0.15) is 37.7 Å². The fraction of sp³-hybridized carbons (Fsp3) is 0.571. The molecule has 0 saturated carbocycles. The van der Waals surface area contributed by atoms with Crippen LogP contribution in [0.4, 0.5) is 4.79 Å². The highest BCUT2D eigenvalue weighted by atomic mass is 32.1. The highest BCUT2D eigenvalue weighted by Crippen LogP contribution is 2.33. The molecule has 1 atom stereocenters. The SMILES string of the molecule is CC1(C)OC(=O)N(CC(=O)N2CCCC2c2nccs2)C1=O. The largest absolute Gasteiger partial charge is 0.433 e. The zero-order valence-electron chi connectivity index (χ0n) is 12.4. The quantitative estimate of drug-likeness (QED) is 0.843. The van der Waals surface area contributed by atoms with Gasteiger partial charge in [-0.2, -0.15) is 0 Å². The van der Waals surface area contributed by atoms with E-state index in [1.807, 2.05) is 5.38 Å². The first-order valence-corrected chi connectivity index (χ1v) is 8.02. The fourth-order valence-corrected chi connectivity index (χ4v) is 3.59. The van der Waals surface area contributed by atoms with Gasteiger partial charge in [-0.1, -0.05) is 0 Å². The van der Waals surface area contributed by atoms with Crippen LogP contribution in [0.3, 0.4) is 0 Å². The summed E-state index contributed by atoms with van der Waals surface area (Å²) in [5.41, 5.74) is -1.20. The lowest BCUT2D eigenvalue weighted by Crippen LogP contribution is -2.44. The molecule has 2 saturated heterocycles. The molecule has 1 aromatic heterocycles. The summed E-state index contributed by atoms with van der Waals surface area (Å²) in [6.45, 7) is 3.38. The van der Waals surface area contributed by atoms with Crippen LogP contribution < -0.4 is 0 Å². The number of nitrogens with zero attached hydrogens (tertiary/aromatic N) is 3. The molecule has 7 nitrogen and oxygen atoms in total. The number of carbonyl (C=O) groups is 3. The predicted octanol–water partition coefficient (Wildman–Crippen LogP) is 1.56. The Bertz CT molecular complexity index is 614. The Labute approximate surface area is 131 Å². The number of hydrogen-bond donors (Lipinski definition) is 0. The van der Waals surface area contributed by atoms with Crippen molar-refractivity contribution in [3.8, 4) is 0 Å². The maximum Gasteiger partial charge on any atom is 0.418 e. The van der Waals surface area contributed by atoms with E-state index >= 15 is 0 Å². The molecule has 118 valence electrons. The Balaban J connectivity index is 1.72. The van der Waals surface area contributed by atoms with Gasteiger partial charge >= 0.3 is 6.09 Å². The van der Waals surface area contributed by atoms with E-state index in [2.05, 4.69) is 4.98 Å². The number of likely N-dealkylation sites (tertiary alicyclic amines) is 1. The highest BCUT2D eigenvalue weighted by molar-refractivity contribution is 7.09. The van der Waals surface area contributed by atoms with Gasteiger partial charge in [-0.3, -0.25) is 9.59 Å². The number of carbonyl (C=O) groups excluding carboxylic acids is 3. The Morgan fingerprint density at radius 3 is 2.86 bits per heavy atom. The van der Waals surface area contributed by atoms with Crippen molar-refractivity contribution >= 4 is 29.2 Å². The Morgan fingerprint density at radius 2 is 2.27 bits per heavy atom. The normalized spacial score (nSPS) is 24.0. The fourth-order valence-electron chi connectivity index (χ4n) is 2.81. The van der Waals surface area contributed by atoms with Gasteiger partial charge in [0, 0.05) is 18.1 Å². The van der Waals surface area contributed by atoms with Crippen LogP contribution in [-0.4, -0.2) is 51.4 Å². The third kappa shape index (κ3) is 2.47. The topological polar surface area (TPSA) is 79.8 Å². The monoisotopic (exact) mass is 323 g/mol. The molecule has 1 unspecified atom stereocenters. The summed E-state index contributed by atoms with van der Waals surface area (Å²) in [7, 11) is 0. The van der Waals surface area contributed by atoms with Gasteiger partial charge in [-0.25, -0.2) is 14.7 Å². The van der Waals surface area contributed by atoms with Crippen molar-refractivity contribution in [3.63, 3.8) is 0 Å². The molecule has 8 heteroatoms. The van der Waals surface area contributed by atoms with Crippen LogP contribution >= 0.6 is 11.3 Å². The van der Waals surface area contributed by atoms with Crippen LogP contribution in [0.2, 0.25) is 0 Å². The van der Waals surface area contributed by atoms with Crippen molar-refractivity contribution in [3.05, 3.63) is 16.6 Å². The number of ether oxygens (including phenoxy) is 1. The minimum Gasteiger partial charge on any atom is -0.433 e. The molecule has 2 aliphatic heterocycles. The van der Waals surface area contributed by atoms with Crippen molar-refractivity contribution in [1.29, 1.82) is 0 Å². The smallest absolute Gasteiger partial charge is 0.418 e. The minimum atomic E-state index is -1.20. The number of hydrogen-bond acceptors (Lipinski definition) is 6. The number of thiazole rings is 1. The van der Waals surface area contributed by atoms with Gasteiger partial charge in [0.25, 0.3) is 5.91 Å². The van der Waals surface area contributed by atoms with Gasteiger partial charge in [0.05, 0.1) is 6.04 Å². The second kappa shape index (κ2) is 5.35. The van der Waals surface area contributed by atoms with Crippen molar-refractivity contribution in [2.24, 2.45) is 0 Å². The first-order chi connectivity index (χ1) is 10.4. The van der Waals surface area contributed by atoms with Crippen molar-refractivity contribution in [2.45, 2.75) is 38.3 Å². The molecule has 3 amide bonds. The highest BCUT2D eigenvalue weighted by Gasteiger charge is 2.48. The van der Waals surface area contributed by atoms with E-state index < -0.39 is 17.6 Å². The zero-order valence-corrected chi connectivity index (χ0v) is 13.3. The molecule has 0 spiro atoms. The number of imide groups is 1. The average Bonchev–Trinajstić information content (AvgIpc) is 3.14. The van der Waals surface area contributed by atoms with Crippen LogP contribution in [0.5, 0.6) is 0 Å². The summed E-state index contributed by atoms with van der Waals surface area (Å²) < 4.78 is 4.99. The van der Waals surface area contributed by atoms with Gasteiger partial charge in [0.1, 0.15) is 11.6 Å². The predicted molar refractivity (Wildman–Crippen MR) is 78.1 cm³/mol. The molecule has 3 heterocycles. The van der Waals surface area contributed by atoms with E-state index in [1.165, 1.54) is 25.2 Å². The summed E-state index contributed by atoms with van der Waals surface area (Å²) in [4.78, 5) is 43.2. The van der Waals surface area contributed by atoms with E-state index in [4.69, 9.17) is 4.74 Å². The van der Waals surface area contributed by atoms with Crippen LogP contribution in [0.15, 0.2) is 11.6 Å². The maximum atomic E-state index is 12.5. The number of cyclic esters (lactones) is 1. The van der Waals surface area contributed by atoms with E-state index in [1.54, 1.807) is 11.1 Å². The molecule has 2 fully saturated rings. The minimum absolute atomic E-state index is 0.0609. The number of aromatic nitrogens is 1. The number of amides is 3. The van der Waals surface area contributed by atoms with Crippen molar-refractivity contribution < 1.29 is 19.1 Å². The second-order valence-electron chi connectivity index (χ2n) is 5.89. The molecule has 0 N–H and O–H groups in total. The van der Waals surface area contributed by atoms with Gasteiger partial charge in [0.15, 0.2) is 5.60 Å². The van der Waals surface area contributed by atoms with E-state index in [-0.39, 0.29) is 18.5 Å². The molecule has 0 bridgehead atoms. The van der Waals surface area contributed by atoms with E-state index in [9.17, 15) is 14.4 Å². The Hall–Kier alpha value is -1.96. The molecule has 2 aliphatic rings. The lowest BCUT2D eigenvalue weighted by atomic mass is 10.1. The second-order valence-corrected chi connectivity index (χ2v) is 6.81. The van der Waals surface area contributed by atoms with Gasteiger partial charge < -0.3 is 9.64 Å². The lowest BCUT2D eigenvalue weighted by Gasteiger charge is -2.24. The summed E-state index contributed by atoms with van der Waals surface area (Å²) in [5.74, 6) is -0.725.